The molecule has 0 unspecified atom stereocenters. The van der Waals surface area contributed by atoms with Gasteiger partial charge in [0.1, 0.15) is 0 Å². The molecular formula is C50H31N. The molecule has 1 nitrogen and oxygen atoms in total. The van der Waals surface area contributed by atoms with Crippen LogP contribution in [0, 0.1) is 0 Å². The largest absolute Gasteiger partial charge is 0.309 e. The summed E-state index contributed by atoms with van der Waals surface area (Å²) in [7, 11) is 0. The number of fused-ring (bicyclic) bond motifs is 3. The number of rotatable bonds is 4. The smallest absolute Gasteiger partial charge is 0.0553 e. The third-order valence-corrected chi connectivity index (χ3v) is 10.9. The molecule has 0 fully saturated rings. The second-order valence-electron chi connectivity index (χ2n) is 13.7. The Hall–Kier alpha value is -6.70. The molecule has 0 N–H and O–H groups in total. The summed E-state index contributed by atoms with van der Waals surface area (Å²) in [6, 6.07) is 69.2. The molecule has 0 radical (unpaired) electrons. The molecule has 10 aromatic carbocycles. The van der Waals surface area contributed by atoms with Gasteiger partial charge in [0.05, 0.1) is 11.0 Å². The van der Waals surface area contributed by atoms with Crippen molar-refractivity contribution in [2.45, 2.75) is 0 Å². The molecule has 0 aliphatic heterocycles. The van der Waals surface area contributed by atoms with Crippen molar-refractivity contribution < 1.29 is 0 Å². The molecule has 0 saturated carbocycles. The van der Waals surface area contributed by atoms with Crippen LogP contribution in [0.15, 0.2) is 188 Å². The first-order valence-electron chi connectivity index (χ1n) is 17.7. The highest BCUT2D eigenvalue weighted by Crippen LogP contribution is 2.46. The number of nitrogens with zero attached hydrogens (tertiary/aromatic N) is 1. The first-order chi connectivity index (χ1) is 25.3. The maximum atomic E-state index is 2.43. The maximum Gasteiger partial charge on any atom is 0.0553 e. The van der Waals surface area contributed by atoms with E-state index >= 15 is 0 Å². The topological polar surface area (TPSA) is 4.93 Å². The lowest BCUT2D eigenvalue weighted by Gasteiger charge is -2.19. The van der Waals surface area contributed by atoms with Gasteiger partial charge in [0.25, 0.3) is 0 Å². The van der Waals surface area contributed by atoms with Crippen molar-refractivity contribution in [2.75, 3.05) is 0 Å². The lowest BCUT2D eigenvalue weighted by Crippen LogP contribution is -1.93. The van der Waals surface area contributed by atoms with Crippen molar-refractivity contribution in [1.82, 2.24) is 4.57 Å². The Morgan fingerprint density at radius 3 is 1.59 bits per heavy atom. The molecule has 11 aromatic rings. The minimum atomic E-state index is 1.18. The molecule has 0 bridgehead atoms. The molecule has 51 heavy (non-hydrogen) atoms. The Bertz CT molecular complexity index is 3050. The molecular weight excluding hydrogens is 615 g/mol. The molecule has 1 heteroatoms. The van der Waals surface area contributed by atoms with Gasteiger partial charge in [0, 0.05) is 16.5 Å². The van der Waals surface area contributed by atoms with Crippen LogP contribution < -0.4 is 0 Å². The van der Waals surface area contributed by atoms with E-state index in [1.807, 2.05) is 0 Å². The molecule has 0 saturated heterocycles. The van der Waals surface area contributed by atoms with E-state index in [1.54, 1.807) is 0 Å². The third kappa shape index (κ3) is 4.16. The van der Waals surface area contributed by atoms with E-state index in [2.05, 4.69) is 193 Å². The van der Waals surface area contributed by atoms with Crippen molar-refractivity contribution >= 4 is 64.9 Å². The fourth-order valence-electron chi connectivity index (χ4n) is 8.72. The zero-order valence-corrected chi connectivity index (χ0v) is 27.8. The Morgan fingerprint density at radius 1 is 0.294 bits per heavy atom. The maximum absolute atomic E-state index is 2.43. The van der Waals surface area contributed by atoms with Crippen LogP contribution in [-0.2, 0) is 0 Å². The van der Waals surface area contributed by atoms with Gasteiger partial charge in [-0.3, -0.25) is 0 Å². The predicted octanol–water partition coefficient (Wildman–Crippen LogP) is 13.8. The van der Waals surface area contributed by atoms with Gasteiger partial charge in [0.2, 0.25) is 0 Å². The molecule has 0 atom stereocenters. The predicted molar refractivity (Wildman–Crippen MR) is 218 cm³/mol. The fraction of sp³-hybridized carbons (Fsp3) is 0. The summed E-state index contributed by atoms with van der Waals surface area (Å²) < 4.78 is 2.43. The van der Waals surface area contributed by atoms with Gasteiger partial charge in [-0.05, 0) is 107 Å². The molecule has 11 rings (SSSR count). The molecule has 0 aliphatic rings. The van der Waals surface area contributed by atoms with E-state index in [1.165, 1.54) is 104 Å². The number of hydrogen-bond donors (Lipinski definition) is 0. The van der Waals surface area contributed by atoms with E-state index in [0.717, 1.165) is 0 Å². The Kier molecular flexibility index (Phi) is 6.02. The van der Waals surface area contributed by atoms with Gasteiger partial charge in [-0.2, -0.15) is 0 Å². The van der Waals surface area contributed by atoms with Crippen molar-refractivity contribution in [3.63, 3.8) is 0 Å². The van der Waals surface area contributed by atoms with E-state index < -0.39 is 0 Å². The minimum absolute atomic E-state index is 1.18. The molecule has 1 heterocycles. The van der Waals surface area contributed by atoms with E-state index in [9.17, 15) is 0 Å². The van der Waals surface area contributed by atoms with Crippen molar-refractivity contribution in [1.29, 1.82) is 0 Å². The van der Waals surface area contributed by atoms with Crippen LogP contribution in [0.25, 0.3) is 104 Å². The Balaban J connectivity index is 1.11. The number of hydrogen-bond acceptors (Lipinski definition) is 0. The molecule has 0 aliphatic carbocycles. The minimum Gasteiger partial charge on any atom is -0.309 e. The Labute approximate surface area is 295 Å². The van der Waals surface area contributed by atoms with Gasteiger partial charge in [-0.25, -0.2) is 0 Å². The van der Waals surface area contributed by atoms with Gasteiger partial charge < -0.3 is 4.57 Å². The van der Waals surface area contributed by atoms with Crippen molar-refractivity contribution in [2.24, 2.45) is 0 Å². The highest BCUT2D eigenvalue weighted by molar-refractivity contribution is 6.26. The second-order valence-corrected chi connectivity index (χ2v) is 13.7. The van der Waals surface area contributed by atoms with E-state index in [-0.39, 0.29) is 0 Å². The van der Waals surface area contributed by atoms with Crippen LogP contribution in [0.3, 0.4) is 0 Å². The lowest BCUT2D eigenvalue weighted by molar-refractivity contribution is 1.18. The van der Waals surface area contributed by atoms with E-state index in [0.29, 0.717) is 0 Å². The number of aromatic nitrogens is 1. The summed E-state index contributed by atoms with van der Waals surface area (Å²) in [5.74, 6) is 0. The highest BCUT2D eigenvalue weighted by Gasteiger charge is 2.20. The lowest BCUT2D eigenvalue weighted by atomic mass is 9.84. The SMILES string of the molecule is c1ccc(-n2c3cccc4ccc5cc(-c6ccc(-c7c8ccccc8c(-c8cccc9ccccc89)c8ccccc78)cc6)cc2c5c43)cc1. The van der Waals surface area contributed by atoms with Crippen molar-refractivity contribution in [3.8, 4) is 39.1 Å². The van der Waals surface area contributed by atoms with Crippen LogP contribution in [0.2, 0.25) is 0 Å². The molecule has 0 amide bonds. The fourth-order valence-corrected chi connectivity index (χ4v) is 8.72. The summed E-state index contributed by atoms with van der Waals surface area (Å²) in [6.45, 7) is 0. The second kappa shape index (κ2) is 10.9. The molecule has 1 aromatic heterocycles. The van der Waals surface area contributed by atoms with Gasteiger partial charge in [-0.1, -0.05) is 158 Å². The summed E-state index contributed by atoms with van der Waals surface area (Å²) in [6.07, 6.45) is 0. The van der Waals surface area contributed by atoms with Crippen LogP contribution in [0.4, 0.5) is 0 Å². The number of para-hydroxylation sites is 1. The highest BCUT2D eigenvalue weighted by atomic mass is 15.0. The summed E-state index contributed by atoms with van der Waals surface area (Å²) >= 11 is 0. The van der Waals surface area contributed by atoms with Crippen LogP contribution in [0.5, 0.6) is 0 Å². The zero-order chi connectivity index (χ0) is 33.5. The average Bonchev–Trinajstić information content (AvgIpc) is 3.54. The summed E-state index contributed by atoms with van der Waals surface area (Å²) in [4.78, 5) is 0. The van der Waals surface area contributed by atoms with Crippen LogP contribution >= 0.6 is 0 Å². The Morgan fingerprint density at radius 2 is 0.843 bits per heavy atom. The quantitative estimate of drug-likeness (QED) is 0.133. The standard InChI is InChI=1S/C50H31N/c1-2-15-38(16-3-1)51-45-23-11-14-34-28-29-36-30-37(31-46(51)49(36)48(34)45)32-24-26-35(27-25-32)47-41-18-6-8-20-43(41)50(44-21-9-7-19-42(44)47)40-22-10-13-33-12-4-5-17-39(33)40/h1-31H. The molecule has 0 spiro atoms. The van der Waals surface area contributed by atoms with Crippen LogP contribution in [0.1, 0.15) is 0 Å². The monoisotopic (exact) mass is 645 g/mol. The molecule has 236 valence electrons. The van der Waals surface area contributed by atoms with Gasteiger partial charge in [0.15, 0.2) is 0 Å². The van der Waals surface area contributed by atoms with Crippen LogP contribution in [-0.4, -0.2) is 4.57 Å². The summed E-state index contributed by atoms with van der Waals surface area (Å²) in [5.41, 5.74) is 11.2. The average molecular weight is 646 g/mol. The third-order valence-electron chi connectivity index (χ3n) is 10.9. The summed E-state index contributed by atoms with van der Waals surface area (Å²) in [5, 5.41) is 12.8. The zero-order valence-electron chi connectivity index (χ0n) is 27.8. The normalized spacial score (nSPS) is 11.9. The first kappa shape index (κ1) is 28.2. The number of benzene rings is 10. The van der Waals surface area contributed by atoms with Gasteiger partial charge >= 0.3 is 0 Å². The van der Waals surface area contributed by atoms with Gasteiger partial charge in [-0.15, -0.1) is 0 Å². The van der Waals surface area contributed by atoms with E-state index in [4.69, 9.17) is 0 Å². The van der Waals surface area contributed by atoms with Crippen molar-refractivity contribution in [3.05, 3.63) is 188 Å². The first-order valence-corrected chi connectivity index (χ1v) is 17.7.